The molecule has 0 bridgehead atoms. The van der Waals surface area contributed by atoms with Crippen molar-refractivity contribution in [3.05, 3.63) is 58.1 Å². The van der Waals surface area contributed by atoms with E-state index in [9.17, 15) is 13.2 Å². The molecule has 0 amide bonds. The summed E-state index contributed by atoms with van der Waals surface area (Å²) in [6.45, 7) is 1.05. The first-order valence-electron chi connectivity index (χ1n) is 9.90. The van der Waals surface area contributed by atoms with Gasteiger partial charge in [-0.1, -0.05) is 47.5 Å². The quantitative estimate of drug-likeness (QED) is 0.318. The smallest absolute Gasteiger partial charge is 0.277 e. The van der Waals surface area contributed by atoms with Gasteiger partial charge in [-0.05, 0) is 49.2 Å². The van der Waals surface area contributed by atoms with E-state index in [0.717, 1.165) is 31.0 Å². The van der Waals surface area contributed by atoms with Crippen LogP contribution in [-0.2, 0) is 10.0 Å². The van der Waals surface area contributed by atoms with Gasteiger partial charge in [-0.25, -0.2) is 8.42 Å². The molecular formula is C21H19Cl2N3O4S2. The number of ketones is 1. The van der Waals surface area contributed by atoms with Crippen LogP contribution in [0.15, 0.2) is 57.0 Å². The number of hydrogen-bond acceptors (Lipinski definition) is 7. The van der Waals surface area contributed by atoms with Crippen LogP contribution in [0.5, 0.6) is 0 Å². The molecule has 1 saturated heterocycles. The monoisotopic (exact) mass is 511 g/mol. The summed E-state index contributed by atoms with van der Waals surface area (Å²) in [7, 11) is -3.57. The van der Waals surface area contributed by atoms with Crippen LogP contribution in [0.2, 0.25) is 10.0 Å². The number of benzene rings is 2. The van der Waals surface area contributed by atoms with Crippen molar-refractivity contribution in [3.63, 3.8) is 0 Å². The second kappa shape index (κ2) is 9.93. The molecule has 32 heavy (non-hydrogen) atoms. The van der Waals surface area contributed by atoms with Gasteiger partial charge in [-0.3, -0.25) is 4.79 Å². The van der Waals surface area contributed by atoms with Gasteiger partial charge in [0, 0.05) is 29.2 Å². The van der Waals surface area contributed by atoms with Gasteiger partial charge < -0.3 is 4.42 Å². The summed E-state index contributed by atoms with van der Waals surface area (Å²) in [4.78, 5) is 12.6. The fourth-order valence-electron chi connectivity index (χ4n) is 3.35. The molecule has 3 aromatic rings. The molecule has 0 atom stereocenters. The van der Waals surface area contributed by atoms with Gasteiger partial charge in [-0.2, -0.15) is 4.31 Å². The summed E-state index contributed by atoms with van der Waals surface area (Å²) in [5.74, 6) is 0.0260. The lowest BCUT2D eigenvalue weighted by Gasteiger charge is -2.25. The number of hydrogen-bond donors (Lipinski definition) is 0. The lowest BCUT2D eigenvalue weighted by molar-refractivity contribution is 0.102. The first-order chi connectivity index (χ1) is 15.3. The Labute approximate surface area is 200 Å². The third-order valence-corrected chi connectivity index (χ3v) is 8.26. The molecule has 2 aromatic carbocycles. The molecule has 1 aromatic heterocycles. The second-order valence-electron chi connectivity index (χ2n) is 7.20. The van der Waals surface area contributed by atoms with E-state index in [4.69, 9.17) is 27.6 Å². The predicted molar refractivity (Wildman–Crippen MR) is 124 cm³/mol. The number of aromatic nitrogens is 2. The lowest BCUT2D eigenvalue weighted by atomic mass is 10.1. The Kier molecular flexibility index (Phi) is 7.21. The summed E-state index contributed by atoms with van der Waals surface area (Å²) < 4.78 is 33.0. The molecule has 7 nitrogen and oxygen atoms in total. The van der Waals surface area contributed by atoms with Crippen molar-refractivity contribution < 1.29 is 17.6 Å². The molecule has 0 radical (unpaired) electrons. The molecule has 1 aliphatic heterocycles. The number of rotatable bonds is 7. The maximum atomic E-state index is 12.9. The highest BCUT2D eigenvalue weighted by Crippen LogP contribution is 2.28. The molecule has 0 aliphatic carbocycles. The van der Waals surface area contributed by atoms with E-state index in [2.05, 4.69) is 10.2 Å². The SMILES string of the molecule is O=C(CSc1nnc(-c2cccc(S(=O)(=O)N3CCCCC3)c2)o1)c1ccc(Cl)cc1Cl. The van der Waals surface area contributed by atoms with Crippen LogP contribution < -0.4 is 0 Å². The van der Waals surface area contributed by atoms with Crippen LogP contribution >= 0.6 is 35.0 Å². The highest BCUT2D eigenvalue weighted by atomic mass is 35.5. The van der Waals surface area contributed by atoms with Gasteiger partial charge in [0.25, 0.3) is 5.22 Å². The van der Waals surface area contributed by atoms with Gasteiger partial charge in [-0.15, -0.1) is 10.2 Å². The Balaban J connectivity index is 1.46. The minimum atomic E-state index is -3.57. The van der Waals surface area contributed by atoms with Crippen molar-refractivity contribution in [1.29, 1.82) is 0 Å². The molecule has 1 fully saturated rings. The first-order valence-corrected chi connectivity index (χ1v) is 13.1. The van der Waals surface area contributed by atoms with Crippen LogP contribution in [0.1, 0.15) is 29.6 Å². The van der Waals surface area contributed by atoms with Gasteiger partial charge >= 0.3 is 0 Å². The Bertz CT molecular complexity index is 1240. The molecule has 168 valence electrons. The zero-order valence-corrected chi connectivity index (χ0v) is 20.0. The third kappa shape index (κ3) is 5.18. The van der Waals surface area contributed by atoms with Crippen molar-refractivity contribution in [3.8, 4) is 11.5 Å². The molecule has 11 heteroatoms. The molecule has 4 rings (SSSR count). The Morgan fingerprint density at radius 1 is 1.06 bits per heavy atom. The number of halogens is 2. The number of carbonyl (C=O) groups is 1. The van der Waals surface area contributed by atoms with Gasteiger partial charge in [0.2, 0.25) is 15.9 Å². The molecule has 2 heterocycles. The number of piperidine rings is 1. The standard InChI is InChI=1S/C21H19Cl2N3O4S2/c22-15-7-8-17(18(23)12-15)19(27)13-31-21-25-24-20(30-21)14-5-4-6-16(11-14)32(28,29)26-9-2-1-3-10-26/h4-8,11-12H,1-3,9-10,13H2. The van der Waals surface area contributed by atoms with Gasteiger partial charge in [0.1, 0.15) is 0 Å². The van der Waals surface area contributed by atoms with Gasteiger partial charge in [0.15, 0.2) is 5.78 Å². The summed E-state index contributed by atoms with van der Waals surface area (Å²) in [5, 5.41) is 8.88. The first kappa shape index (κ1) is 23.3. The number of Topliss-reactive ketones (excluding diaryl/α,β-unsaturated/α-hetero) is 1. The molecular weight excluding hydrogens is 493 g/mol. The minimum absolute atomic E-state index is 0.0480. The van der Waals surface area contributed by atoms with Crippen molar-refractivity contribution in [1.82, 2.24) is 14.5 Å². The summed E-state index contributed by atoms with van der Waals surface area (Å²) in [6.07, 6.45) is 2.77. The average Bonchev–Trinajstić information content (AvgIpc) is 3.27. The second-order valence-corrected chi connectivity index (χ2v) is 10.9. The van der Waals surface area contributed by atoms with Crippen molar-refractivity contribution in [2.24, 2.45) is 0 Å². The molecule has 0 unspecified atom stereocenters. The van der Waals surface area contributed by atoms with Crippen molar-refractivity contribution in [2.75, 3.05) is 18.8 Å². The van der Waals surface area contributed by atoms with Crippen LogP contribution in [-0.4, -0.2) is 47.5 Å². The van der Waals surface area contributed by atoms with Crippen LogP contribution in [0.25, 0.3) is 11.5 Å². The maximum absolute atomic E-state index is 12.9. The topological polar surface area (TPSA) is 93.4 Å². The number of nitrogens with zero attached hydrogens (tertiary/aromatic N) is 3. The largest absolute Gasteiger partial charge is 0.411 e. The third-order valence-electron chi connectivity index (χ3n) is 5.00. The van der Waals surface area contributed by atoms with Gasteiger partial charge in [0.05, 0.1) is 15.7 Å². The molecule has 0 spiro atoms. The van der Waals surface area contributed by atoms with Crippen LogP contribution in [0, 0.1) is 0 Å². The highest BCUT2D eigenvalue weighted by Gasteiger charge is 2.26. The summed E-state index contributed by atoms with van der Waals surface area (Å²) in [6, 6.07) is 11.1. The normalized spacial score (nSPS) is 15.1. The van der Waals surface area contributed by atoms with Crippen molar-refractivity contribution >= 4 is 50.8 Å². The molecule has 0 N–H and O–H groups in total. The van der Waals surface area contributed by atoms with E-state index in [1.807, 2.05) is 0 Å². The molecule has 0 saturated carbocycles. The minimum Gasteiger partial charge on any atom is -0.411 e. The Morgan fingerprint density at radius 3 is 2.59 bits per heavy atom. The van der Waals surface area contributed by atoms with E-state index in [-0.39, 0.29) is 32.6 Å². The summed E-state index contributed by atoms with van der Waals surface area (Å²) >= 11 is 13.0. The fraction of sp³-hybridized carbons (Fsp3) is 0.286. The average molecular weight is 512 g/mol. The van der Waals surface area contributed by atoms with Crippen LogP contribution in [0.3, 0.4) is 0 Å². The zero-order chi connectivity index (χ0) is 22.7. The van der Waals surface area contributed by atoms with E-state index in [1.54, 1.807) is 30.3 Å². The van der Waals surface area contributed by atoms with E-state index in [1.165, 1.54) is 16.4 Å². The predicted octanol–water partition coefficient (Wildman–Crippen LogP) is 5.19. The van der Waals surface area contributed by atoms with E-state index in [0.29, 0.717) is 29.2 Å². The lowest BCUT2D eigenvalue weighted by Crippen LogP contribution is -2.35. The zero-order valence-electron chi connectivity index (χ0n) is 16.8. The number of thioether (sulfide) groups is 1. The number of carbonyl (C=O) groups excluding carboxylic acids is 1. The maximum Gasteiger partial charge on any atom is 0.277 e. The van der Waals surface area contributed by atoms with E-state index < -0.39 is 10.0 Å². The highest BCUT2D eigenvalue weighted by molar-refractivity contribution is 7.99. The van der Waals surface area contributed by atoms with E-state index >= 15 is 0 Å². The Morgan fingerprint density at radius 2 is 1.84 bits per heavy atom. The van der Waals surface area contributed by atoms with Crippen LogP contribution in [0.4, 0.5) is 0 Å². The fourth-order valence-corrected chi connectivity index (χ4v) is 6.07. The molecule has 1 aliphatic rings. The summed E-state index contributed by atoms with van der Waals surface area (Å²) in [5.41, 5.74) is 0.855. The Hall–Kier alpha value is -1.91. The number of sulfonamides is 1. The van der Waals surface area contributed by atoms with Crippen molar-refractivity contribution in [2.45, 2.75) is 29.4 Å².